The van der Waals surface area contributed by atoms with Crippen LogP contribution in [0.1, 0.15) is 30.7 Å². The number of aliphatic imine (C=N–C) groups is 1. The highest BCUT2D eigenvalue weighted by molar-refractivity contribution is 14.0. The highest BCUT2D eigenvalue weighted by atomic mass is 127. The van der Waals surface area contributed by atoms with Gasteiger partial charge < -0.3 is 20.0 Å². The fourth-order valence-electron chi connectivity index (χ4n) is 2.93. The molecule has 2 heterocycles. The third-order valence-corrected chi connectivity index (χ3v) is 4.32. The molecule has 27 heavy (non-hydrogen) atoms. The zero-order valence-electron chi connectivity index (χ0n) is 15.9. The van der Waals surface area contributed by atoms with Gasteiger partial charge in [-0.2, -0.15) is 0 Å². The van der Waals surface area contributed by atoms with Crippen LogP contribution in [0.15, 0.2) is 39.7 Å². The Morgan fingerprint density at radius 2 is 2.07 bits per heavy atom. The van der Waals surface area contributed by atoms with E-state index >= 15 is 0 Å². The number of oxazole rings is 1. The van der Waals surface area contributed by atoms with Gasteiger partial charge in [0.05, 0.1) is 11.7 Å². The van der Waals surface area contributed by atoms with Crippen molar-refractivity contribution in [2.45, 2.75) is 39.8 Å². The average molecular weight is 483 g/mol. The van der Waals surface area contributed by atoms with Crippen LogP contribution in [-0.2, 0) is 11.3 Å². The van der Waals surface area contributed by atoms with Crippen molar-refractivity contribution in [1.29, 1.82) is 0 Å². The first-order valence-electron chi connectivity index (χ1n) is 8.90. The van der Waals surface area contributed by atoms with Crippen molar-refractivity contribution >= 4 is 41.5 Å². The largest absolute Gasteiger partial charge is 0.444 e. The predicted molar refractivity (Wildman–Crippen MR) is 117 cm³/mol. The van der Waals surface area contributed by atoms with Crippen molar-refractivity contribution in [3.63, 3.8) is 0 Å². The molecular formula is C19H26IN5O2. The van der Waals surface area contributed by atoms with E-state index in [-0.39, 0.29) is 35.9 Å². The van der Waals surface area contributed by atoms with Crippen LogP contribution in [0.25, 0.3) is 0 Å². The Bertz CT molecular complexity index is 771. The van der Waals surface area contributed by atoms with Crippen LogP contribution in [-0.4, -0.2) is 36.0 Å². The zero-order valence-corrected chi connectivity index (χ0v) is 18.2. The van der Waals surface area contributed by atoms with Crippen LogP contribution in [0.4, 0.5) is 5.69 Å². The van der Waals surface area contributed by atoms with Crippen molar-refractivity contribution in [1.82, 2.24) is 15.6 Å². The SMILES string of the molecule is CCNC(=NCc1nc(C)c(C)o1)NC1CC(=O)N(c2ccccc2)C1.I. The summed E-state index contributed by atoms with van der Waals surface area (Å²) in [5.41, 5.74) is 1.81. The molecule has 1 aromatic heterocycles. The van der Waals surface area contributed by atoms with Crippen LogP contribution >= 0.6 is 24.0 Å². The first kappa shape index (κ1) is 21.2. The van der Waals surface area contributed by atoms with E-state index in [1.54, 1.807) is 0 Å². The maximum atomic E-state index is 12.3. The molecule has 0 bridgehead atoms. The van der Waals surface area contributed by atoms with Crippen LogP contribution in [0.3, 0.4) is 0 Å². The standard InChI is InChI=1S/C19H25N5O2.HI/c1-4-20-19(21-11-17-22-13(2)14(3)26-17)23-15-10-18(25)24(12-15)16-8-6-5-7-9-16;/h5-9,15H,4,10-12H2,1-3H3,(H2,20,21,23);1H. The summed E-state index contributed by atoms with van der Waals surface area (Å²) in [5.74, 6) is 2.18. The monoisotopic (exact) mass is 483 g/mol. The second kappa shape index (κ2) is 9.72. The summed E-state index contributed by atoms with van der Waals surface area (Å²) < 4.78 is 5.57. The third kappa shape index (κ3) is 5.44. The molecule has 2 aromatic rings. The van der Waals surface area contributed by atoms with E-state index in [0.29, 0.717) is 31.4 Å². The smallest absolute Gasteiger partial charge is 0.229 e. The van der Waals surface area contributed by atoms with Gasteiger partial charge in [-0.05, 0) is 32.9 Å². The number of guanidine groups is 1. The van der Waals surface area contributed by atoms with E-state index in [1.165, 1.54) is 0 Å². The number of benzene rings is 1. The molecule has 0 saturated carbocycles. The Hall–Kier alpha value is -2.10. The number of anilines is 1. The maximum Gasteiger partial charge on any atom is 0.229 e. The number of para-hydroxylation sites is 1. The lowest BCUT2D eigenvalue weighted by atomic mass is 10.2. The number of carbonyl (C=O) groups is 1. The summed E-state index contributed by atoms with van der Waals surface area (Å²) in [6.07, 6.45) is 0.441. The number of aromatic nitrogens is 1. The molecular weight excluding hydrogens is 457 g/mol. The van der Waals surface area contributed by atoms with Gasteiger partial charge in [-0.25, -0.2) is 9.98 Å². The van der Waals surface area contributed by atoms with E-state index in [1.807, 2.05) is 56.0 Å². The lowest BCUT2D eigenvalue weighted by molar-refractivity contribution is -0.117. The lowest BCUT2D eigenvalue weighted by Gasteiger charge is -2.18. The summed E-state index contributed by atoms with van der Waals surface area (Å²) in [6.45, 7) is 7.52. The number of aryl methyl sites for hydroxylation is 2. The minimum absolute atomic E-state index is 0. The van der Waals surface area contributed by atoms with Crippen molar-refractivity contribution < 1.29 is 9.21 Å². The number of nitrogens with zero attached hydrogens (tertiary/aromatic N) is 3. The molecule has 1 unspecified atom stereocenters. The van der Waals surface area contributed by atoms with Crippen molar-refractivity contribution in [3.8, 4) is 0 Å². The van der Waals surface area contributed by atoms with E-state index in [9.17, 15) is 4.79 Å². The minimum Gasteiger partial charge on any atom is -0.444 e. The Morgan fingerprint density at radius 3 is 2.70 bits per heavy atom. The van der Waals surface area contributed by atoms with E-state index < -0.39 is 0 Å². The molecule has 1 aromatic carbocycles. The molecule has 2 N–H and O–H groups in total. The van der Waals surface area contributed by atoms with E-state index in [0.717, 1.165) is 23.7 Å². The average Bonchev–Trinajstić information content (AvgIpc) is 3.15. The van der Waals surface area contributed by atoms with Crippen molar-refractivity contribution in [3.05, 3.63) is 47.7 Å². The van der Waals surface area contributed by atoms with Gasteiger partial charge in [0.15, 0.2) is 5.96 Å². The third-order valence-electron chi connectivity index (χ3n) is 4.32. The number of carbonyl (C=O) groups excluding carboxylic acids is 1. The van der Waals surface area contributed by atoms with Crippen LogP contribution in [0, 0.1) is 13.8 Å². The maximum absolute atomic E-state index is 12.3. The number of rotatable bonds is 5. The summed E-state index contributed by atoms with van der Waals surface area (Å²) in [4.78, 5) is 23.0. The van der Waals surface area contributed by atoms with Crippen LogP contribution in [0.5, 0.6) is 0 Å². The number of amides is 1. The molecule has 1 fully saturated rings. The fourth-order valence-corrected chi connectivity index (χ4v) is 2.93. The number of nitrogens with one attached hydrogen (secondary N) is 2. The van der Waals surface area contributed by atoms with Gasteiger partial charge in [-0.1, -0.05) is 18.2 Å². The lowest BCUT2D eigenvalue weighted by Crippen LogP contribution is -2.44. The molecule has 0 spiro atoms. The molecule has 0 aliphatic carbocycles. The second-order valence-electron chi connectivity index (χ2n) is 6.33. The summed E-state index contributed by atoms with van der Waals surface area (Å²) in [7, 11) is 0. The van der Waals surface area contributed by atoms with Crippen molar-refractivity contribution in [2.75, 3.05) is 18.0 Å². The normalized spacial score (nSPS) is 17.0. The number of hydrogen-bond donors (Lipinski definition) is 2. The number of halogens is 1. The Kier molecular flexibility index (Phi) is 7.64. The zero-order chi connectivity index (χ0) is 18.5. The highest BCUT2D eigenvalue weighted by Crippen LogP contribution is 2.21. The first-order valence-corrected chi connectivity index (χ1v) is 8.90. The topological polar surface area (TPSA) is 82.8 Å². The Balaban J connectivity index is 0.00000261. The van der Waals surface area contributed by atoms with Crippen LogP contribution < -0.4 is 15.5 Å². The second-order valence-corrected chi connectivity index (χ2v) is 6.33. The summed E-state index contributed by atoms with van der Waals surface area (Å²) >= 11 is 0. The molecule has 1 amide bonds. The molecule has 0 radical (unpaired) electrons. The summed E-state index contributed by atoms with van der Waals surface area (Å²) in [6, 6.07) is 9.74. The Morgan fingerprint density at radius 1 is 1.33 bits per heavy atom. The molecule has 1 aliphatic heterocycles. The molecule has 3 rings (SSSR count). The first-order chi connectivity index (χ1) is 12.6. The van der Waals surface area contributed by atoms with E-state index in [4.69, 9.17) is 4.42 Å². The Labute approximate surface area is 176 Å². The molecule has 1 atom stereocenters. The van der Waals surface area contributed by atoms with Gasteiger partial charge in [0.2, 0.25) is 11.8 Å². The van der Waals surface area contributed by atoms with Gasteiger partial charge in [0.1, 0.15) is 12.3 Å². The molecule has 1 aliphatic rings. The van der Waals surface area contributed by atoms with Gasteiger partial charge in [-0.15, -0.1) is 24.0 Å². The minimum atomic E-state index is 0. The molecule has 7 nitrogen and oxygen atoms in total. The molecule has 1 saturated heterocycles. The fraction of sp³-hybridized carbons (Fsp3) is 0.421. The quantitative estimate of drug-likeness (QED) is 0.389. The summed E-state index contributed by atoms with van der Waals surface area (Å²) in [5, 5.41) is 6.56. The van der Waals surface area contributed by atoms with Gasteiger partial charge in [0.25, 0.3) is 0 Å². The van der Waals surface area contributed by atoms with Gasteiger partial charge in [-0.3, -0.25) is 4.79 Å². The highest BCUT2D eigenvalue weighted by Gasteiger charge is 2.31. The van der Waals surface area contributed by atoms with Gasteiger partial charge >= 0.3 is 0 Å². The molecule has 8 heteroatoms. The predicted octanol–water partition coefficient (Wildman–Crippen LogP) is 2.77. The molecule has 146 valence electrons. The van der Waals surface area contributed by atoms with Crippen molar-refractivity contribution in [2.24, 2.45) is 4.99 Å². The van der Waals surface area contributed by atoms with Gasteiger partial charge in [0, 0.05) is 25.2 Å². The van der Waals surface area contributed by atoms with Crippen LogP contribution in [0.2, 0.25) is 0 Å². The van der Waals surface area contributed by atoms with E-state index in [2.05, 4.69) is 20.6 Å². The number of hydrogen-bond acceptors (Lipinski definition) is 4.